The minimum absolute atomic E-state index is 0.710. The number of likely N-dealkylation sites (tertiary alicyclic amines) is 1. The van der Waals surface area contributed by atoms with Crippen molar-refractivity contribution in [3.63, 3.8) is 0 Å². The van der Waals surface area contributed by atoms with Gasteiger partial charge >= 0.3 is 0 Å². The number of hydrogen-bond acceptors (Lipinski definition) is 3. The van der Waals surface area contributed by atoms with Crippen LogP contribution >= 0.6 is 0 Å². The van der Waals surface area contributed by atoms with Crippen LogP contribution in [-0.4, -0.2) is 37.7 Å². The molecule has 0 atom stereocenters. The summed E-state index contributed by atoms with van der Waals surface area (Å²) in [6, 6.07) is 20.7. The van der Waals surface area contributed by atoms with E-state index in [0.29, 0.717) is 5.92 Å². The van der Waals surface area contributed by atoms with Gasteiger partial charge in [0.2, 0.25) is 0 Å². The van der Waals surface area contributed by atoms with E-state index >= 15 is 0 Å². The van der Waals surface area contributed by atoms with Crippen molar-refractivity contribution >= 4 is 0 Å². The van der Waals surface area contributed by atoms with E-state index in [4.69, 9.17) is 10.5 Å². The quantitative estimate of drug-likeness (QED) is 0.883. The van der Waals surface area contributed by atoms with Crippen LogP contribution in [0.3, 0.4) is 0 Å². The summed E-state index contributed by atoms with van der Waals surface area (Å²) in [6.45, 7) is 4.85. The van der Waals surface area contributed by atoms with Crippen LogP contribution in [0.1, 0.15) is 24.3 Å². The molecule has 0 bridgehead atoms. The fourth-order valence-electron chi connectivity index (χ4n) is 2.96. The van der Waals surface area contributed by atoms with Crippen LogP contribution in [0.5, 0.6) is 5.75 Å². The summed E-state index contributed by atoms with van der Waals surface area (Å²) in [5.41, 5.74) is 7.08. The molecule has 2 aromatic carbocycles. The summed E-state index contributed by atoms with van der Waals surface area (Å²) in [7, 11) is 0. The molecule has 128 valence electrons. The predicted molar refractivity (Wildman–Crippen MR) is 99.3 cm³/mol. The molecule has 2 aromatic rings. The lowest BCUT2D eigenvalue weighted by molar-refractivity contribution is 0.0875. The Morgan fingerprint density at radius 3 is 2.12 bits per heavy atom. The highest BCUT2D eigenvalue weighted by Crippen LogP contribution is 2.39. The molecule has 4 rings (SSSR count). The number of para-hydroxylation sites is 1. The Bertz CT molecular complexity index is 577. The lowest BCUT2D eigenvalue weighted by Crippen LogP contribution is -2.50. The van der Waals surface area contributed by atoms with Crippen molar-refractivity contribution in [3.8, 4) is 5.75 Å². The van der Waals surface area contributed by atoms with Crippen LogP contribution in [0.25, 0.3) is 0 Å². The third-order valence-corrected chi connectivity index (χ3v) is 4.63. The Morgan fingerprint density at radius 2 is 1.54 bits per heavy atom. The Balaban J connectivity index is 0.000000159. The van der Waals surface area contributed by atoms with Crippen molar-refractivity contribution in [1.82, 2.24) is 4.90 Å². The molecular weight excluding hydrogens is 296 g/mol. The maximum atomic E-state index is 5.61. The normalized spacial score (nSPS) is 17.5. The zero-order valence-corrected chi connectivity index (χ0v) is 14.3. The lowest BCUT2D eigenvalue weighted by atomic mass is 10.0. The Morgan fingerprint density at radius 1 is 0.917 bits per heavy atom. The van der Waals surface area contributed by atoms with Gasteiger partial charge in [-0.15, -0.1) is 0 Å². The first-order valence-corrected chi connectivity index (χ1v) is 9.00. The van der Waals surface area contributed by atoms with Crippen molar-refractivity contribution in [2.45, 2.75) is 18.8 Å². The van der Waals surface area contributed by atoms with E-state index in [9.17, 15) is 0 Å². The molecule has 0 spiro atoms. The van der Waals surface area contributed by atoms with Crippen molar-refractivity contribution in [1.29, 1.82) is 0 Å². The Hall–Kier alpha value is -1.84. The standard InChI is InChI=1S/C12H18N2O.C9H10/c13-8-11-9-14(10-11)6-7-15-12-4-2-1-3-5-12;1-2-4-8(5-3-1)9-6-7-9/h1-5,11H,6-10,13H2;1-5,9H,6-7H2. The topological polar surface area (TPSA) is 38.5 Å². The van der Waals surface area contributed by atoms with E-state index < -0.39 is 0 Å². The minimum atomic E-state index is 0.710. The second kappa shape index (κ2) is 8.86. The van der Waals surface area contributed by atoms with E-state index in [1.54, 1.807) is 0 Å². The molecule has 3 heteroatoms. The molecule has 2 fully saturated rings. The van der Waals surface area contributed by atoms with Crippen molar-refractivity contribution in [3.05, 3.63) is 66.2 Å². The fourth-order valence-corrected chi connectivity index (χ4v) is 2.96. The molecule has 1 heterocycles. The zero-order valence-electron chi connectivity index (χ0n) is 14.3. The average molecular weight is 324 g/mol. The first kappa shape index (κ1) is 17.0. The zero-order chi connectivity index (χ0) is 16.6. The summed E-state index contributed by atoms with van der Waals surface area (Å²) in [5, 5.41) is 0. The van der Waals surface area contributed by atoms with E-state index in [-0.39, 0.29) is 0 Å². The molecule has 2 aliphatic rings. The number of nitrogens with zero attached hydrogens (tertiary/aromatic N) is 1. The molecular formula is C21H28N2O. The summed E-state index contributed by atoms with van der Waals surface area (Å²) >= 11 is 0. The summed E-state index contributed by atoms with van der Waals surface area (Å²) < 4.78 is 5.61. The molecule has 1 saturated carbocycles. The smallest absolute Gasteiger partial charge is 0.119 e. The van der Waals surface area contributed by atoms with Gasteiger partial charge in [-0.05, 0) is 48.9 Å². The molecule has 1 saturated heterocycles. The second-order valence-corrected chi connectivity index (χ2v) is 6.71. The Kier molecular flexibility index (Phi) is 6.27. The number of benzene rings is 2. The van der Waals surface area contributed by atoms with Gasteiger partial charge in [-0.1, -0.05) is 48.5 Å². The second-order valence-electron chi connectivity index (χ2n) is 6.71. The maximum absolute atomic E-state index is 5.61. The van der Waals surface area contributed by atoms with E-state index in [0.717, 1.165) is 44.5 Å². The largest absolute Gasteiger partial charge is 0.492 e. The van der Waals surface area contributed by atoms with Gasteiger partial charge in [0, 0.05) is 19.6 Å². The molecule has 2 N–H and O–H groups in total. The van der Waals surface area contributed by atoms with Gasteiger partial charge < -0.3 is 10.5 Å². The van der Waals surface area contributed by atoms with Crippen molar-refractivity contribution in [2.75, 3.05) is 32.8 Å². The summed E-state index contributed by atoms with van der Waals surface area (Å²) in [6.07, 6.45) is 2.81. The lowest BCUT2D eigenvalue weighted by Gasteiger charge is -2.38. The predicted octanol–water partition coefficient (Wildman–Crippen LogP) is 3.52. The van der Waals surface area contributed by atoms with Crippen LogP contribution in [-0.2, 0) is 0 Å². The van der Waals surface area contributed by atoms with Gasteiger partial charge in [-0.3, -0.25) is 4.90 Å². The SMILES string of the molecule is NCC1CN(CCOc2ccccc2)C1.c1ccc(C2CC2)cc1. The molecule has 1 aliphatic heterocycles. The van der Waals surface area contributed by atoms with Gasteiger partial charge in [-0.25, -0.2) is 0 Å². The molecule has 0 unspecified atom stereocenters. The molecule has 1 aliphatic carbocycles. The maximum Gasteiger partial charge on any atom is 0.119 e. The molecule has 0 amide bonds. The first-order valence-electron chi connectivity index (χ1n) is 9.00. The van der Waals surface area contributed by atoms with Crippen LogP contribution < -0.4 is 10.5 Å². The third-order valence-electron chi connectivity index (χ3n) is 4.63. The molecule has 0 radical (unpaired) electrons. The highest BCUT2D eigenvalue weighted by molar-refractivity contribution is 5.23. The van der Waals surface area contributed by atoms with E-state index in [1.807, 2.05) is 30.3 Å². The van der Waals surface area contributed by atoms with Crippen LogP contribution in [0.4, 0.5) is 0 Å². The highest BCUT2D eigenvalue weighted by Gasteiger charge is 2.24. The summed E-state index contributed by atoms with van der Waals surface area (Å²) in [4.78, 5) is 2.38. The van der Waals surface area contributed by atoms with Gasteiger partial charge in [-0.2, -0.15) is 0 Å². The van der Waals surface area contributed by atoms with E-state index in [2.05, 4.69) is 35.2 Å². The minimum Gasteiger partial charge on any atom is -0.492 e. The van der Waals surface area contributed by atoms with E-state index in [1.165, 1.54) is 18.4 Å². The third kappa shape index (κ3) is 5.36. The fraction of sp³-hybridized carbons (Fsp3) is 0.429. The van der Waals surface area contributed by atoms with Crippen molar-refractivity contribution < 1.29 is 4.74 Å². The van der Waals surface area contributed by atoms with Crippen LogP contribution in [0.15, 0.2) is 60.7 Å². The molecule has 3 nitrogen and oxygen atoms in total. The number of rotatable bonds is 6. The van der Waals surface area contributed by atoms with Crippen molar-refractivity contribution in [2.24, 2.45) is 11.7 Å². The number of hydrogen-bond donors (Lipinski definition) is 1. The monoisotopic (exact) mass is 324 g/mol. The highest BCUT2D eigenvalue weighted by atomic mass is 16.5. The van der Waals surface area contributed by atoms with Crippen LogP contribution in [0.2, 0.25) is 0 Å². The van der Waals surface area contributed by atoms with Gasteiger partial charge in [0.25, 0.3) is 0 Å². The number of ether oxygens (including phenoxy) is 1. The summed E-state index contributed by atoms with van der Waals surface area (Å²) in [5.74, 6) is 2.57. The molecule has 24 heavy (non-hydrogen) atoms. The van der Waals surface area contributed by atoms with Gasteiger partial charge in [0.15, 0.2) is 0 Å². The number of nitrogens with two attached hydrogens (primary N) is 1. The van der Waals surface area contributed by atoms with Gasteiger partial charge in [0.1, 0.15) is 12.4 Å². The average Bonchev–Trinajstić information content (AvgIpc) is 3.44. The van der Waals surface area contributed by atoms with Gasteiger partial charge in [0.05, 0.1) is 0 Å². The van der Waals surface area contributed by atoms with Crippen LogP contribution in [0, 0.1) is 5.92 Å². The molecule has 0 aromatic heterocycles. The Labute approximate surface area is 145 Å². The first-order chi connectivity index (χ1) is 11.8.